The zero-order valence-corrected chi connectivity index (χ0v) is 16.6. The van der Waals surface area contributed by atoms with E-state index in [1.165, 1.54) is 0 Å². The number of rotatable bonds is 7. The van der Waals surface area contributed by atoms with Crippen LogP contribution >= 0.6 is 0 Å². The summed E-state index contributed by atoms with van der Waals surface area (Å²) >= 11 is 0. The topological polar surface area (TPSA) is 92.4 Å². The van der Waals surface area contributed by atoms with Gasteiger partial charge in [0.15, 0.2) is 11.5 Å². The summed E-state index contributed by atoms with van der Waals surface area (Å²) in [5, 5.41) is 11.7. The number of anilines is 1. The molecule has 0 bridgehead atoms. The quantitative estimate of drug-likeness (QED) is 0.361. The van der Waals surface area contributed by atoms with Crippen molar-refractivity contribution < 1.29 is 19.1 Å². The van der Waals surface area contributed by atoms with Crippen molar-refractivity contribution in [3.63, 3.8) is 0 Å². The molecule has 0 atom stereocenters. The van der Waals surface area contributed by atoms with Crippen molar-refractivity contribution in [2.24, 2.45) is 0 Å². The minimum atomic E-state index is -1.10. The molecule has 1 amide bonds. The van der Waals surface area contributed by atoms with Gasteiger partial charge in [-0.3, -0.25) is 10.1 Å². The predicted octanol–water partition coefficient (Wildman–Crippen LogP) is 6.04. The van der Waals surface area contributed by atoms with Gasteiger partial charge in [-0.2, -0.15) is 0 Å². The number of nitrogens with zero attached hydrogens (tertiary/aromatic N) is 1. The fourth-order valence-electron chi connectivity index (χ4n) is 3.35. The first-order valence-corrected chi connectivity index (χ1v) is 9.83. The molecule has 1 heterocycles. The third-order valence-electron chi connectivity index (χ3n) is 4.80. The highest BCUT2D eigenvalue weighted by Crippen LogP contribution is 2.29. The molecule has 0 fully saturated rings. The maximum Gasteiger partial charge on any atom is 0.409 e. The SMILES string of the molecule is O=Cc1ccc2oc(CC/C=C/c3ccc(-c4ccccc4)c(NC(=O)O)c3)nc2c1. The number of allylic oxidation sites excluding steroid dienone is 1. The van der Waals surface area contributed by atoms with Gasteiger partial charge in [-0.05, 0) is 41.8 Å². The largest absolute Gasteiger partial charge is 0.465 e. The summed E-state index contributed by atoms with van der Waals surface area (Å²) in [6, 6.07) is 20.5. The van der Waals surface area contributed by atoms with Gasteiger partial charge < -0.3 is 9.52 Å². The molecule has 3 aromatic carbocycles. The average molecular weight is 412 g/mol. The van der Waals surface area contributed by atoms with E-state index in [1.807, 2.05) is 60.7 Å². The van der Waals surface area contributed by atoms with Crippen molar-refractivity contribution in [1.29, 1.82) is 0 Å². The minimum absolute atomic E-state index is 0.533. The maximum atomic E-state index is 11.2. The fourth-order valence-corrected chi connectivity index (χ4v) is 3.35. The first-order chi connectivity index (χ1) is 15.1. The summed E-state index contributed by atoms with van der Waals surface area (Å²) in [6.07, 6.45) is 4.93. The molecule has 0 aliphatic heterocycles. The number of oxazole rings is 1. The number of amides is 1. The molecule has 154 valence electrons. The number of carbonyl (C=O) groups is 2. The molecule has 31 heavy (non-hydrogen) atoms. The standard InChI is InChI=1S/C25H20N2O4/c28-16-18-11-13-23-22(15-18)26-24(31-23)9-5-4-6-17-10-12-20(19-7-2-1-3-8-19)21(14-17)27-25(29)30/h1-4,6-8,10-16,27H,5,9H2,(H,29,30)/b6-4+. The number of aromatic nitrogens is 1. The van der Waals surface area contributed by atoms with Gasteiger partial charge in [0.25, 0.3) is 0 Å². The Hall–Kier alpha value is -4.19. The number of carbonyl (C=O) groups excluding carboxylic acids is 1. The Bertz CT molecular complexity index is 1260. The highest BCUT2D eigenvalue weighted by Gasteiger charge is 2.09. The van der Waals surface area contributed by atoms with Gasteiger partial charge in [-0.25, -0.2) is 9.78 Å². The van der Waals surface area contributed by atoms with Crippen LogP contribution in [-0.4, -0.2) is 22.5 Å². The van der Waals surface area contributed by atoms with Gasteiger partial charge >= 0.3 is 6.09 Å². The van der Waals surface area contributed by atoms with Gasteiger partial charge in [0.1, 0.15) is 11.8 Å². The second-order valence-electron chi connectivity index (χ2n) is 6.99. The number of hydrogen-bond acceptors (Lipinski definition) is 4. The fraction of sp³-hybridized carbons (Fsp3) is 0.0800. The van der Waals surface area contributed by atoms with Crippen LogP contribution in [0.15, 0.2) is 77.2 Å². The average Bonchev–Trinajstić information content (AvgIpc) is 3.19. The van der Waals surface area contributed by atoms with E-state index < -0.39 is 6.09 Å². The molecule has 0 aliphatic carbocycles. The summed E-state index contributed by atoms with van der Waals surface area (Å²) < 4.78 is 5.71. The summed E-state index contributed by atoms with van der Waals surface area (Å²) in [5.41, 5.74) is 5.08. The normalized spacial score (nSPS) is 11.1. The third kappa shape index (κ3) is 4.87. The molecule has 1 aromatic heterocycles. The van der Waals surface area contributed by atoms with Crippen molar-refractivity contribution in [3.8, 4) is 11.1 Å². The Morgan fingerprint density at radius 1 is 1.03 bits per heavy atom. The van der Waals surface area contributed by atoms with Crippen LogP contribution in [0.1, 0.15) is 28.2 Å². The van der Waals surface area contributed by atoms with E-state index in [-0.39, 0.29) is 0 Å². The maximum absolute atomic E-state index is 11.2. The predicted molar refractivity (Wildman–Crippen MR) is 120 cm³/mol. The number of aldehydes is 1. The molecule has 2 N–H and O–H groups in total. The molecular formula is C25H20N2O4. The van der Waals surface area contributed by atoms with Gasteiger partial charge in [-0.1, -0.05) is 54.6 Å². The summed E-state index contributed by atoms with van der Waals surface area (Å²) in [5.74, 6) is 0.607. The Kier molecular flexibility index (Phi) is 5.89. The lowest BCUT2D eigenvalue weighted by atomic mass is 10.0. The van der Waals surface area contributed by atoms with E-state index in [2.05, 4.69) is 10.3 Å². The molecule has 4 rings (SSSR count). The first-order valence-electron chi connectivity index (χ1n) is 9.83. The van der Waals surface area contributed by atoms with Gasteiger partial charge in [-0.15, -0.1) is 0 Å². The van der Waals surface area contributed by atoms with Crippen molar-refractivity contribution in [2.75, 3.05) is 5.32 Å². The van der Waals surface area contributed by atoms with Crippen LogP contribution in [0, 0.1) is 0 Å². The zero-order valence-electron chi connectivity index (χ0n) is 16.6. The Morgan fingerprint density at radius 3 is 2.61 bits per heavy atom. The van der Waals surface area contributed by atoms with Gasteiger partial charge in [0.05, 0.1) is 5.69 Å². The van der Waals surface area contributed by atoms with E-state index in [1.54, 1.807) is 18.2 Å². The Morgan fingerprint density at radius 2 is 1.84 bits per heavy atom. The lowest BCUT2D eigenvalue weighted by Gasteiger charge is -2.10. The van der Waals surface area contributed by atoms with Crippen molar-refractivity contribution in [1.82, 2.24) is 4.98 Å². The number of aryl methyl sites for hydroxylation is 1. The molecule has 0 saturated heterocycles. The Labute approximate surface area is 178 Å². The molecule has 0 unspecified atom stereocenters. The van der Waals surface area contributed by atoms with Crippen molar-refractivity contribution in [3.05, 3.63) is 89.8 Å². The third-order valence-corrected chi connectivity index (χ3v) is 4.80. The van der Waals surface area contributed by atoms with Crippen LogP contribution in [0.3, 0.4) is 0 Å². The first kappa shape index (κ1) is 20.1. The van der Waals surface area contributed by atoms with Crippen LogP contribution in [0.4, 0.5) is 10.5 Å². The number of fused-ring (bicyclic) bond motifs is 1. The Balaban J connectivity index is 1.47. The summed E-state index contributed by atoms with van der Waals surface area (Å²) in [6.45, 7) is 0. The monoisotopic (exact) mass is 412 g/mol. The molecule has 6 nitrogen and oxygen atoms in total. The van der Waals surface area contributed by atoms with E-state index in [0.717, 1.165) is 23.0 Å². The van der Waals surface area contributed by atoms with Crippen LogP contribution in [-0.2, 0) is 6.42 Å². The highest BCUT2D eigenvalue weighted by atomic mass is 16.4. The van der Waals surface area contributed by atoms with Gasteiger partial charge in [0.2, 0.25) is 0 Å². The highest BCUT2D eigenvalue weighted by molar-refractivity contribution is 5.91. The molecule has 0 saturated carbocycles. The number of carboxylic acid groups (broad SMARTS) is 1. The van der Waals surface area contributed by atoms with Crippen LogP contribution < -0.4 is 5.32 Å². The van der Waals surface area contributed by atoms with Crippen LogP contribution in [0.5, 0.6) is 0 Å². The van der Waals surface area contributed by atoms with Crippen molar-refractivity contribution in [2.45, 2.75) is 12.8 Å². The van der Waals surface area contributed by atoms with Crippen LogP contribution in [0.25, 0.3) is 28.3 Å². The number of nitrogens with one attached hydrogen (secondary N) is 1. The summed E-state index contributed by atoms with van der Waals surface area (Å²) in [4.78, 5) is 26.5. The van der Waals surface area contributed by atoms with E-state index >= 15 is 0 Å². The molecular weight excluding hydrogens is 392 g/mol. The lowest BCUT2D eigenvalue weighted by Crippen LogP contribution is -2.08. The van der Waals surface area contributed by atoms with Crippen LogP contribution in [0.2, 0.25) is 0 Å². The number of hydrogen-bond donors (Lipinski definition) is 2. The van der Waals surface area contributed by atoms with E-state index in [4.69, 9.17) is 4.42 Å². The molecule has 4 aromatic rings. The van der Waals surface area contributed by atoms with Gasteiger partial charge in [0, 0.05) is 17.5 Å². The second-order valence-corrected chi connectivity index (χ2v) is 6.99. The molecule has 0 spiro atoms. The van der Waals surface area contributed by atoms with E-state index in [0.29, 0.717) is 41.1 Å². The minimum Gasteiger partial charge on any atom is -0.465 e. The smallest absolute Gasteiger partial charge is 0.409 e. The van der Waals surface area contributed by atoms with Crippen molar-refractivity contribution >= 4 is 35.2 Å². The zero-order chi connectivity index (χ0) is 21.6. The summed E-state index contributed by atoms with van der Waals surface area (Å²) in [7, 11) is 0. The second kappa shape index (κ2) is 9.09. The number of benzene rings is 3. The lowest BCUT2D eigenvalue weighted by molar-refractivity contribution is 0.112. The van der Waals surface area contributed by atoms with E-state index in [9.17, 15) is 14.7 Å². The molecule has 0 radical (unpaired) electrons. The molecule has 6 heteroatoms. The molecule has 0 aliphatic rings.